The van der Waals surface area contributed by atoms with Crippen molar-refractivity contribution in [2.45, 2.75) is 180 Å². The monoisotopic (exact) mass is 1680 g/mol. The van der Waals surface area contributed by atoms with E-state index in [0.717, 1.165) is 117 Å². The van der Waals surface area contributed by atoms with E-state index in [4.69, 9.17) is 4.74 Å². The zero-order chi connectivity index (χ0) is 86.9. The van der Waals surface area contributed by atoms with E-state index in [-0.39, 0.29) is 66.6 Å². The summed E-state index contributed by atoms with van der Waals surface area (Å²) in [5.41, 5.74) is 7.47. The molecular formula is C91H101F9N16O6. The number of nitrogens with one attached hydrogen (secondary N) is 9. The van der Waals surface area contributed by atoms with E-state index >= 15 is 0 Å². The van der Waals surface area contributed by atoms with E-state index in [9.17, 15) is 63.5 Å². The first-order chi connectivity index (χ1) is 58.1. The fraction of sp³-hybridized carbons (Fsp3) is 0.374. The average Bonchev–Trinajstić information content (AvgIpc) is 0.984. The zero-order valence-corrected chi connectivity index (χ0v) is 68.9. The first kappa shape index (κ1) is 88.8. The van der Waals surface area contributed by atoms with Crippen molar-refractivity contribution in [1.29, 1.82) is 0 Å². The van der Waals surface area contributed by atoms with Gasteiger partial charge < -0.3 is 66.0 Å². The van der Waals surface area contributed by atoms with Crippen molar-refractivity contribution < 1.29 is 68.2 Å². The molecule has 9 N–H and O–H groups in total. The van der Waals surface area contributed by atoms with Crippen LogP contribution in [0.3, 0.4) is 0 Å². The van der Waals surface area contributed by atoms with Gasteiger partial charge in [0.1, 0.15) is 40.1 Å². The predicted octanol–water partition coefficient (Wildman–Crippen LogP) is 20.4. The lowest BCUT2D eigenvalue weighted by molar-refractivity contribution is -0.141. The maximum atomic E-state index is 13.4. The molecule has 4 aromatic carbocycles. The molecule has 12 aromatic rings. The summed E-state index contributed by atoms with van der Waals surface area (Å²) >= 11 is 0. The van der Waals surface area contributed by atoms with Crippen LogP contribution in [0.4, 0.5) is 84.5 Å². The SMILES string of the molecule is CC(C)(C)OC(=O)NC1CCN(c2nc(C(F)(F)F)ccc2CCC(=O)Nc2ccc3[nH]ccc3c2)CC1.CC(C)(C)c1ccc(CCC(=O)Nc2ccc3[nH]ccc3c2)cn1.O=C(CCc1ccc(C(F)(F)F)nc1N1CCCCC1)Nc1ccc2[nH]ccc2c1.O=C(CCc1ccc(C(F)(F)F)nc1N1CCCCC1)Nc1ccc2cc[nH]c2c1. The number of hydrogen-bond donors (Lipinski definition) is 9. The van der Waals surface area contributed by atoms with Gasteiger partial charge in [-0.15, -0.1) is 0 Å². The molecule has 644 valence electrons. The number of amides is 5. The number of aromatic nitrogens is 8. The minimum atomic E-state index is -4.59. The van der Waals surface area contributed by atoms with Gasteiger partial charge in [-0.3, -0.25) is 24.2 Å². The lowest BCUT2D eigenvalue weighted by atomic mass is 9.91. The van der Waals surface area contributed by atoms with Crippen molar-refractivity contribution in [1.82, 2.24) is 45.2 Å². The molecule has 0 atom stereocenters. The van der Waals surface area contributed by atoms with Crippen molar-refractivity contribution in [3.63, 3.8) is 0 Å². The van der Waals surface area contributed by atoms with Crippen molar-refractivity contribution in [2.75, 3.05) is 75.2 Å². The Morgan fingerprint density at radius 2 is 0.730 bits per heavy atom. The van der Waals surface area contributed by atoms with Crippen LogP contribution in [-0.2, 0) is 73.5 Å². The quantitative estimate of drug-likeness (QED) is 0.0322. The van der Waals surface area contributed by atoms with Crippen LogP contribution >= 0.6 is 0 Å². The highest BCUT2D eigenvalue weighted by Crippen LogP contribution is 2.37. The summed E-state index contributed by atoms with van der Waals surface area (Å²) in [7, 11) is 0. The van der Waals surface area contributed by atoms with Crippen molar-refractivity contribution in [3.05, 3.63) is 222 Å². The number of alkyl halides is 9. The number of halogens is 9. The summed E-state index contributed by atoms with van der Waals surface area (Å²) in [6, 6.07) is 41.5. The third-order valence-electron chi connectivity index (χ3n) is 21.0. The Kier molecular flexibility index (Phi) is 28.7. The largest absolute Gasteiger partial charge is 0.444 e. The standard InChI is InChI=1S/C27H32F3N5O3.2C22H23F3N4O.C20H23N3O/c1-26(2,3)38-25(37)33-19-11-14-35(15-12-19)24-17(4-8-22(34-24)27(28,29)30)5-9-23(36)32-20-6-7-21-18(16-20)10-13-31-21;23-22(24,25)19-8-4-15(21(28-19)29-12-2-1-3-13-29)5-9-20(30)27-17-6-7-18-16(14-17)10-11-26-18;23-22(24,25)19-8-5-16(21(28-19)29-12-2-1-3-13-29)6-9-20(30)27-17-7-4-15-10-11-26-18(15)14-17;1-20(2,3)18-8-4-14(13-22-18)5-9-19(24)23-16-6-7-17-15(12-16)10-11-21-17/h4,6-8,10,13,16,19,31H,5,9,11-12,14-15H2,1-3H3,(H,32,36)(H,33,37);4,6-8,10-11,14,26H,1-3,5,9,12-13H2,(H,27,30);4-5,7-8,10-11,14,26H,1-3,6,9,12-13H2,(H,27,30);4,6-8,10-13,21H,5,9H2,1-3H3,(H,23,24). The van der Waals surface area contributed by atoms with E-state index in [0.29, 0.717) is 123 Å². The molecule has 11 heterocycles. The second kappa shape index (κ2) is 39.4. The number of anilines is 7. The van der Waals surface area contributed by atoms with Crippen LogP contribution in [-0.4, -0.2) is 121 Å². The smallest absolute Gasteiger partial charge is 0.433 e. The number of carbonyl (C=O) groups is 5. The Balaban J connectivity index is 0.000000150. The fourth-order valence-corrected chi connectivity index (χ4v) is 14.7. The summed E-state index contributed by atoms with van der Waals surface area (Å²) in [4.78, 5) is 96.1. The molecular weight excluding hydrogens is 1580 g/mol. The fourth-order valence-electron chi connectivity index (χ4n) is 14.7. The van der Waals surface area contributed by atoms with E-state index in [2.05, 4.69) is 93.3 Å². The average molecular weight is 1690 g/mol. The molecule has 22 nitrogen and oxygen atoms in total. The van der Waals surface area contributed by atoms with E-state index < -0.39 is 47.3 Å². The van der Waals surface area contributed by atoms with Crippen molar-refractivity contribution in [3.8, 4) is 0 Å². The number of ether oxygens (including phenoxy) is 1. The van der Waals surface area contributed by atoms with Crippen LogP contribution in [0.5, 0.6) is 0 Å². The molecule has 0 unspecified atom stereocenters. The van der Waals surface area contributed by atoms with E-state index in [1.54, 1.807) is 31.7 Å². The topological polar surface area (TPSA) is 279 Å². The molecule has 0 radical (unpaired) electrons. The Morgan fingerprint density at radius 1 is 0.385 bits per heavy atom. The molecule has 0 spiro atoms. The van der Waals surface area contributed by atoms with Gasteiger partial charge in [-0.1, -0.05) is 51.1 Å². The molecule has 3 aliphatic rings. The first-order valence-electron chi connectivity index (χ1n) is 41.0. The Labute approximate surface area is 700 Å². The Bertz CT molecular complexity index is 5400. The lowest BCUT2D eigenvalue weighted by Crippen LogP contribution is -2.46. The van der Waals surface area contributed by atoms with Crippen LogP contribution < -0.4 is 41.3 Å². The number of pyridine rings is 4. The molecule has 0 bridgehead atoms. The highest BCUT2D eigenvalue weighted by atomic mass is 19.4. The van der Waals surface area contributed by atoms with Crippen LogP contribution in [0.15, 0.2) is 177 Å². The van der Waals surface area contributed by atoms with Gasteiger partial charge in [0.15, 0.2) is 0 Å². The van der Waals surface area contributed by atoms with Gasteiger partial charge in [-0.2, -0.15) is 39.5 Å². The summed E-state index contributed by atoms with van der Waals surface area (Å²) in [5.74, 6) is 0.323. The molecule has 0 saturated carbocycles. The minimum Gasteiger partial charge on any atom is -0.444 e. The Hall–Kier alpha value is -12.4. The molecule has 3 aliphatic heterocycles. The molecule has 122 heavy (non-hydrogen) atoms. The maximum Gasteiger partial charge on any atom is 0.433 e. The molecule has 0 aliphatic carbocycles. The Morgan fingerprint density at radius 3 is 1.09 bits per heavy atom. The molecule has 8 aromatic heterocycles. The second-order valence-electron chi connectivity index (χ2n) is 32.6. The predicted molar refractivity (Wildman–Crippen MR) is 458 cm³/mol. The van der Waals surface area contributed by atoms with Crippen LogP contribution in [0.25, 0.3) is 43.6 Å². The molecule has 31 heteroatoms. The number of nitrogens with zero attached hydrogens (tertiary/aromatic N) is 7. The minimum absolute atomic E-state index is 0.0183. The number of carbonyl (C=O) groups excluding carboxylic acids is 5. The van der Waals surface area contributed by atoms with E-state index in [1.807, 2.05) is 138 Å². The number of aromatic amines is 4. The van der Waals surface area contributed by atoms with Gasteiger partial charge in [-0.05, 0) is 241 Å². The van der Waals surface area contributed by atoms with Gasteiger partial charge in [0, 0.05) is 174 Å². The molecule has 3 saturated heterocycles. The number of benzene rings is 4. The highest BCUT2D eigenvalue weighted by molar-refractivity contribution is 5.97. The van der Waals surface area contributed by atoms with Gasteiger partial charge in [-0.25, -0.2) is 19.7 Å². The third-order valence-corrected chi connectivity index (χ3v) is 21.0. The van der Waals surface area contributed by atoms with Gasteiger partial charge >= 0.3 is 24.6 Å². The summed E-state index contributed by atoms with van der Waals surface area (Å²) in [5, 5.41) is 18.4. The molecule has 5 amide bonds. The molecule has 15 rings (SSSR count). The van der Waals surface area contributed by atoms with Crippen LogP contribution in [0.2, 0.25) is 0 Å². The van der Waals surface area contributed by atoms with Crippen molar-refractivity contribution >= 4 is 114 Å². The second-order valence-corrected chi connectivity index (χ2v) is 32.6. The third kappa shape index (κ3) is 25.3. The summed E-state index contributed by atoms with van der Waals surface area (Å²) < 4.78 is 125. The number of fused-ring (bicyclic) bond motifs is 4. The van der Waals surface area contributed by atoms with Gasteiger partial charge in [0.2, 0.25) is 23.6 Å². The number of aryl methyl sites for hydroxylation is 4. The normalized spacial score (nSPS) is 14.2. The highest BCUT2D eigenvalue weighted by Gasteiger charge is 2.37. The van der Waals surface area contributed by atoms with Crippen LogP contribution in [0.1, 0.15) is 164 Å². The summed E-state index contributed by atoms with van der Waals surface area (Å²) in [6.45, 7) is 15.3. The first-order valence-corrected chi connectivity index (χ1v) is 41.0. The molecule has 3 fully saturated rings. The zero-order valence-electron chi connectivity index (χ0n) is 68.9. The van der Waals surface area contributed by atoms with Crippen LogP contribution in [0, 0.1) is 0 Å². The summed E-state index contributed by atoms with van der Waals surface area (Å²) in [6.07, 6.45) is 4.50. The number of piperidine rings is 3. The van der Waals surface area contributed by atoms with Gasteiger partial charge in [0.05, 0.1) is 0 Å². The lowest BCUT2D eigenvalue weighted by Gasteiger charge is -2.34. The number of hydrogen-bond acceptors (Lipinski definition) is 13. The van der Waals surface area contributed by atoms with E-state index in [1.165, 1.54) is 18.2 Å². The van der Waals surface area contributed by atoms with Crippen molar-refractivity contribution in [2.24, 2.45) is 0 Å². The number of H-pyrrole nitrogens is 4. The maximum absolute atomic E-state index is 13.4. The van der Waals surface area contributed by atoms with Gasteiger partial charge in [0.25, 0.3) is 0 Å². The number of alkyl carbamates (subject to hydrolysis) is 1. The number of rotatable bonds is 20.